The van der Waals surface area contributed by atoms with Crippen molar-refractivity contribution in [3.63, 3.8) is 0 Å². The van der Waals surface area contributed by atoms with Gasteiger partial charge < -0.3 is 4.74 Å². The Bertz CT molecular complexity index is 422. The minimum absolute atomic E-state index is 0.0731. The fraction of sp³-hybridized carbons (Fsp3) is 0.417. The highest BCUT2D eigenvalue weighted by Crippen LogP contribution is 2.32. The van der Waals surface area contributed by atoms with Crippen molar-refractivity contribution in [2.75, 3.05) is 0 Å². The van der Waals surface area contributed by atoms with Crippen LogP contribution in [0.2, 0.25) is 0 Å². The van der Waals surface area contributed by atoms with E-state index in [1.54, 1.807) is 13.8 Å². The van der Waals surface area contributed by atoms with Gasteiger partial charge in [0, 0.05) is 0 Å². The molecule has 0 fully saturated rings. The van der Waals surface area contributed by atoms with Gasteiger partial charge in [0.25, 0.3) is 0 Å². The first-order chi connectivity index (χ1) is 7.70. The molecule has 94 valence electrons. The molecule has 1 aromatic carbocycles. The van der Waals surface area contributed by atoms with E-state index in [-0.39, 0.29) is 11.7 Å². The van der Waals surface area contributed by atoms with Crippen molar-refractivity contribution in [2.45, 2.75) is 26.9 Å². The number of rotatable bonds is 2. The van der Waals surface area contributed by atoms with Gasteiger partial charge in [0.1, 0.15) is 5.75 Å². The van der Waals surface area contributed by atoms with Crippen LogP contribution >= 0.6 is 0 Å². The van der Waals surface area contributed by atoms with Crippen LogP contribution in [0.4, 0.5) is 13.2 Å². The van der Waals surface area contributed by atoms with Crippen LogP contribution in [0, 0.1) is 12.8 Å². The van der Waals surface area contributed by atoms with E-state index < -0.39 is 17.7 Å². The summed E-state index contributed by atoms with van der Waals surface area (Å²) in [5.41, 5.74) is -0.421. The second kappa shape index (κ2) is 4.77. The van der Waals surface area contributed by atoms with Gasteiger partial charge in [-0.1, -0.05) is 13.8 Å². The zero-order valence-electron chi connectivity index (χ0n) is 9.76. The number of benzene rings is 1. The Hall–Kier alpha value is -1.52. The Morgan fingerprint density at radius 2 is 1.82 bits per heavy atom. The quantitative estimate of drug-likeness (QED) is 0.589. The molecule has 0 saturated heterocycles. The molecule has 2 nitrogen and oxygen atoms in total. The zero-order valence-corrected chi connectivity index (χ0v) is 9.76. The van der Waals surface area contributed by atoms with Gasteiger partial charge in [-0.15, -0.1) is 0 Å². The fourth-order valence-electron chi connectivity index (χ4n) is 1.20. The zero-order chi connectivity index (χ0) is 13.2. The predicted molar refractivity (Wildman–Crippen MR) is 56.7 cm³/mol. The van der Waals surface area contributed by atoms with Crippen molar-refractivity contribution in [1.29, 1.82) is 0 Å². The number of alkyl halides is 3. The standard InChI is InChI=1S/C12H13F3O2/c1-7(2)11(16)17-10-5-8(3)4-9(6-10)12(13,14)15/h4-7H,1-3H3. The number of carbonyl (C=O) groups excluding carboxylic acids is 1. The first-order valence-electron chi connectivity index (χ1n) is 5.10. The van der Waals surface area contributed by atoms with Crippen molar-refractivity contribution in [3.8, 4) is 5.75 Å². The maximum absolute atomic E-state index is 12.5. The summed E-state index contributed by atoms with van der Waals surface area (Å²) in [5, 5.41) is 0. The summed E-state index contributed by atoms with van der Waals surface area (Å²) in [6.07, 6.45) is -4.44. The van der Waals surface area contributed by atoms with E-state index in [0.29, 0.717) is 5.56 Å². The smallest absolute Gasteiger partial charge is 0.416 e. The molecule has 1 rings (SSSR count). The number of carbonyl (C=O) groups is 1. The van der Waals surface area contributed by atoms with E-state index in [1.165, 1.54) is 13.0 Å². The summed E-state index contributed by atoms with van der Waals surface area (Å²) in [6.45, 7) is 4.74. The molecule has 0 heterocycles. The molecule has 0 spiro atoms. The topological polar surface area (TPSA) is 26.3 Å². The van der Waals surface area contributed by atoms with Crippen LogP contribution in [0.1, 0.15) is 25.0 Å². The summed E-state index contributed by atoms with van der Waals surface area (Å²) >= 11 is 0. The molecule has 0 unspecified atom stereocenters. The lowest BCUT2D eigenvalue weighted by Gasteiger charge is -2.11. The van der Waals surface area contributed by atoms with Gasteiger partial charge in [-0.05, 0) is 30.7 Å². The maximum atomic E-state index is 12.5. The summed E-state index contributed by atoms with van der Waals surface area (Å²) in [6, 6.07) is 3.23. The maximum Gasteiger partial charge on any atom is 0.416 e. The highest BCUT2D eigenvalue weighted by atomic mass is 19.4. The minimum atomic E-state index is -4.44. The molecule has 0 saturated carbocycles. The lowest BCUT2D eigenvalue weighted by atomic mass is 10.1. The lowest BCUT2D eigenvalue weighted by molar-refractivity contribution is -0.140. The van der Waals surface area contributed by atoms with Crippen LogP contribution in [-0.4, -0.2) is 5.97 Å². The Balaban J connectivity index is 3.02. The molecule has 0 amide bonds. The molecular formula is C12H13F3O2. The number of hydrogen-bond donors (Lipinski definition) is 0. The van der Waals surface area contributed by atoms with Crippen molar-refractivity contribution in [1.82, 2.24) is 0 Å². The van der Waals surface area contributed by atoms with Crippen LogP contribution in [0.15, 0.2) is 18.2 Å². The largest absolute Gasteiger partial charge is 0.426 e. The van der Waals surface area contributed by atoms with E-state index in [9.17, 15) is 18.0 Å². The van der Waals surface area contributed by atoms with E-state index >= 15 is 0 Å². The molecule has 17 heavy (non-hydrogen) atoms. The van der Waals surface area contributed by atoms with E-state index in [1.807, 2.05) is 0 Å². The van der Waals surface area contributed by atoms with Crippen LogP contribution in [0.25, 0.3) is 0 Å². The molecule has 0 aliphatic carbocycles. The summed E-state index contributed by atoms with van der Waals surface area (Å²) in [5.74, 6) is -1.01. The van der Waals surface area contributed by atoms with E-state index in [0.717, 1.165) is 12.1 Å². The molecule has 0 N–H and O–H groups in total. The first-order valence-corrected chi connectivity index (χ1v) is 5.10. The minimum Gasteiger partial charge on any atom is -0.426 e. The molecule has 0 aromatic heterocycles. The van der Waals surface area contributed by atoms with Crippen LogP contribution in [-0.2, 0) is 11.0 Å². The molecular weight excluding hydrogens is 233 g/mol. The third kappa shape index (κ3) is 3.76. The van der Waals surface area contributed by atoms with Gasteiger partial charge in [0.15, 0.2) is 0 Å². The second-order valence-electron chi connectivity index (χ2n) is 4.11. The van der Waals surface area contributed by atoms with Crippen molar-refractivity contribution in [3.05, 3.63) is 29.3 Å². The highest BCUT2D eigenvalue weighted by Gasteiger charge is 2.31. The fourth-order valence-corrected chi connectivity index (χ4v) is 1.20. The Labute approximate surface area is 97.4 Å². The van der Waals surface area contributed by atoms with Gasteiger partial charge >= 0.3 is 12.1 Å². The number of aryl methyl sites for hydroxylation is 1. The SMILES string of the molecule is Cc1cc(OC(=O)C(C)C)cc(C(F)(F)F)c1. The van der Waals surface area contributed by atoms with E-state index in [2.05, 4.69) is 0 Å². The number of ether oxygens (including phenoxy) is 1. The number of esters is 1. The molecule has 1 aromatic rings. The Kier molecular flexibility index (Phi) is 3.80. The number of hydrogen-bond acceptors (Lipinski definition) is 2. The number of halogens is 3. The lowest BCUT2D eigenvalue weighted by Crippen LogP contribution is -2.15. The molecule has 0 aliphatic rings. The predicted octanol–water partition coefficient (Wildman–Crippen LogP) is 3.58. The molecule has 5 heteroatoms. The molecule has 0 radical (unpaired) electrons. The third-order valence-corrected chi connectivity index (χ3v) is 2.07. The molecule has 0 atom stereocenters. The first kappa shape index (κ1) is 13.5. The van der Waals surface area contributed by atoms with Crippen LogP contribution in [0.5, 0.6) is 5.75 Å². The van der Waals surface area contributed by atoms with E-state index in [4.69, 9.17) is 4.74 Å². The Morgan fingerprint density at radius 3 is 2.29 bits per heavy atom. The second-order valence-corrected chi connectivity index (χ2v) is 4.11. The van der Waals surface area contributed by atoms with Crippen LogP contribution in [0.3, 0.4) is 0 Å². The monoisotopic (exact) mass is 246 g/mol. The van der Waals surface area contributed by atoms with Gasteiger partial charge in [-0.2, -0.15) is 13.2 Å². The highest BCUT2D eigenvalue weighted by molar-refractivity contribution is 5.74. The Morgan fingerprint density at radius 1 is 1.24 bits per heavy atom. The normalized spacial score (nSPS) is 11.7. The third-order valence-electron chi connectivity index (χ3n) is 2.07. The van der Waals surface area contributed by atoms with Gasteiger partial charge in [-0.3, -0.25) is 4.79 Å². The van der Waals surface area contributed by atoms with Gasteiger partial charge in [-0.25, -0.2) is 0 Å². The average molecular weight is 246 g/mol. The average Bonchev–Trinajstić information content (AvgIpc) is 2.15. The van der Waals surface area contributed by atoms with Gasteiger partial charge in [0.2, 0.25) is 0 Å². The van der Waals surface area contributed by atoms with Crippen molar-refractivity contribution < 1.29 is 22.7 Å². The summed E-state index contributed by atoms with van der Waals surface area (Å²) in [4.78, 5) is 11.3. The van der Waals surface area contributed by atoms with Gasteiger partial charge in [0.05, 0.1) is 11.5 Å². The van der Waals surface area contributed by atoms with Crippen molar-refractivity contribution in [2.24, 2.45) is 5.92 Å². The summed E-state index contributed by atoms with van der Waals surface area (Å²) < 4.78 is 42.4. The molecule has 0 aliphatic heterocycles. The van der Waals surface area contributed by atoms with Crippen LogP contribution < -0.4 is 4.74 Å². The molecule has 0 bridgehead atoms. The van der Waals surface area contributed by atoms with Crippen molar-refractivity contribution >= 4 is 5.97 Å². The summed E-state index contributed by atoms with van der Waals surface area (Å²) in [7, 11) is 0.